The molecule has 0 aromatic rings. The van der Waals surface area contributed by atoms with E-state index in [1.54, 1.807) is 0 Å². The van der Waals surface area contributed by atoms with Gasteiger partial charge in [0.25, 0.3) is 0 Å². The Bertz CT molecular complexity index is 334. The van der Waals surface area contributed by atoms with Gasteiger partial charge in [-0.25, -0.2) is 0 Å². The highest BCUT2D eigenvalue weighted by atomic mass is 16.2. The van der Waals surface area contributed by atoms with Crippen molar-refractivity contribution in [1.82, 2.24) is 15.1 Å². The van der Waals surface area contributed by atoms with E-state index in [0.29, 0.717) is 12.6 Å². The quantitative estimate of drug-likeness (QED) is 0.781. The Balaban J connectivity index is 2.38. The highest BCUT2D eigenvalue weighted by Crippen LogP contribution is 2.06. The van der Waals surface area contributed by atoms with Gasteiger partial charge in [0.15, 0.2) is 5.78 Å². The Morgan fingerprint density at radius 1 is 1.05 bits per heavy atom. The van der Waals surface area contributed by atoms with Crippen LogP contribution in [0.15, 0.2) is 0 Å². The van der Waals surface area contributed by atoms with Crippen molar-refractivity contribution < 1.29 is 9.59 Å². The van der Waals surface area contributed by atoms with E-state index in [0.717, 1.165) is 26.2 Å². The number of hydrogen-bond donors (Lipinski definition) is 1. The largest absolute Gasteiger partial charge is 0.345 e. The molecule has 1 unspecified atom stereocenters. The average molecular weight is 283 g/mol. The van der Waals surface area contributed by atoms with Crippen molar-refractivity contribution in [1.29, 1.82) is 0 Å². The number of nitrogens with zero attached hydrogens (tertiary/aromatic N) is 2. The lowest BCUT2D eigenvalue weighted by Gasteiger charge is -2.36. The molecule has 0 aliphatic carbocycles. The predicted octanol–water partition coefficient (Wildman–Crippen LogP) is 0.742. The fourth-order valence-electron chi connectivity index (χ4n) is 2.60. The van der Waals surface area contributed by atoms with Crippen LogP contribution in [0, 0.1) is 5.92 Å². The van der Waals surface area contributed by atoms with Crippen LogP contribution in [0.2, 0.25) is 0 Å². The third-order valence-corrected chi connectivity index (χ3v) is 3.93. The van der Waals surface area contributed by atoms with Gasteiger partial charge in [0.1, 0.15) is 0 Å². The minimum atomic E-state index is -0.362. The van der Waals surface area contributed by atoms with E-state index in [4.69, 9.17) is 0 Å². The Labute approximate surface area is 122 Å². The van der Waals surface area contributed by atoms with Gasteiger partial charge >= 0.3 is 0 Å². The topological polar surface area (TPSA) is 52.7 Å². The zero-order valence-electron chi connectivity index (χ0n) is 13.5. The van der Waals surface area contributed by atoms with Crippen LogP contribution in [0.3, 0.4) is 0 Å². The second-order valence-electron chi connectivity index (χ2n) is 6.31. The van der Waals surface area contributed by atoms with E-state index >= 15 is 0 Å². The number of hydrogen-bond acceptors (Lipinski definition) is 4. The number of carbonyl (C=O) groups excluding carboxylic acids is 2. The first kappa shape index (κ1) is 17.1. The molecule has 1 atom stereocenters. The fraction of sp³-hybridized carbons (Fsp3) is 0.867. The van der Waals surface area contributed by atoms with Gasteiger partial charge in [-0.05, 0) is 26.7 Å². The first-order chi connectivity index (χ1) is 9.31. The molecule has 1 fully saturated rings. The number of amides is 1. The summed E-state index contributed by atoms with van der Waals surface area (Å²) >= 11 is 0. The summed E-state index contributed by atoms with van der Waals surface area (Å²) in [6, 6.07) is 0.202. The summed E-state index contributed by atoms with van der Waals surface area (Å²) in [5, 5.41) is 2.85. The van der Waals surface area contributed by atoms with Gasteiger partial charge in [0.2, 0.25) is 5.91 Å². The van der Waals surface area contributed by atoms with Crippen LogP contribution in [0.4, 0.5) is 0 Å². The summed E-state index contributed by atoms with van der Waals surface area (Å²) in [5.41, 5.74) is 0. The standard InChI is InChI=1S/C15H29N3O2/c1-11(2)15(13(5)19)16-14(20)10-17-6-8-18(9-7-17)12(3)4/h11-12,15H,6-10H2,1-5H3,(H,16,20). The van der Waals surface area contributed by atoms with E-state index in [2.05, 4.69) is 29.0 Å². The van der Waals surface area contributed by atoms with Crippen molar-refractivity contribution in [2.45, 2.75) is 46.7 Å². The van der Waals surface area contributed by atoms with Crippen LogP contribution in [-0.2, 0) is 9.59 Å². The van der Waals surface area contributed by atoms with E-state index in [9.17, 15) is 9.59 Å². The fourth-order valence-corrected chi connectivity index (χ4v) is 2.60. The molecular weight excluding hydrogens is 254 g/mol. The molecule has 1 N–H and O–H groups in total. The molecule has 5 heteroatoms. The first-order valence-corrected chi connectivity index (χ1v) is 7.57. The zero-order valence-corrected chi connectivity index (χ0v) is 13.5. The van der Waals surface area contributed by atoms with Crippen molar-refractivity contribution in [2.75, 3.05) is 32.7 Å². The second kappa shape index (κ2) is 7.74. The molecule has 1 heterocycles. The van der Waals surface area contributed by atoms with Gasteiger partial charge in [0.05, 0.1) is 12.6 Å². The lowest BCUT2D eigenvalue weighted by Crippen LogP contribution is -2.53. The summed E-state index contributed by atoms with van der Waals surface area (Å²) in [7, 11) is 0. The minimum Gasteiger partial charge on any atom is -0.345 e. The molecule has 0 radical (unpaired) electrons. The Morgan fingerprint density at radius 3 is 2.00 bits per heavy atom. The third kappa shape index (κ3) is 5.21. The molecule has 0 aromatic heterocycles. The number of piperazine rings is 1. The van der Waals surface area contributed by atoms with Gasteiger partial charge < -0.3 is 5.32 Å². The Hall–Kier alpha value is -0.940. The van der Waals surface area contributed by atoms with Gasteiger partial charge in [-0.15, -0.1) is 0 Å². The molecule has 1 saturated heterocycles. The number of nitrogens with one attached hydrogen (secondary N) is 1. The molecule has 0 saturated carbocycles. The van der Waals surface area contributed by atoms with E-state index in [-0.39, 0.29) is 23.7 Å². The van der Waals surface area contributed by atoms with Gasteiger partial charge in [0, 0.05) is 32.2 Å². The van der Waals surface area contributed by atoms with Crippen LogP contribution in [0.25, 0.3) is 0 Å². The van der Waals surface area contributed by atoms with Crippen LogP contribution in [-0.4, -0.2) is 66.3 Å². The smallest absolute Gasteiger partial charge is 0.234 e. The predicted molar refractivity (Wildman–Crippen MR) is 80.6 cm³/mol. The van der Waals surface area contributed by atoms with Gasteiger partial charge in [-0.3, -0.25) is 19.4 Å². The van der Waals surface area contributed by atoms with E-state index < -0.39 is 0 Å². The van der Waals surface area contributed by atoms with E-state index in [1.165, 1.54) is 6.92 Å². The molecule has 5 nitrogen and oxygen atoms in total. The summed E-state index contributed by atoms with van der Waals surface area (Å²) in [4.78, 5) is 28.1. The highest BCUT2D eigenvalue weighted by Gasteiger charge is 2.24. The van der Waals surface area contributed by atoms with Crippen molar-refractivity contribution in [3.8, 4) is 0 Å². The number of carbonyl (C=O) groups is 2. The highest BCUT2D eigenvalue weighted by molar-refractivity contribution is 5.88. The molecule has 0 aromatic carbocycles. The number of Topliss-reactive ketones (excluding diaryl/α,β-unsaturated/α-hetero) is 1. The Morgan fingerprint density at radius 2 is 1.60 bits per heavy atom. The molecule has 1 rings (SSSR count). The number of ketones is 1. The van der Waals surface area contributed by atoms with Crippen LogP contribution in [0.1, 0.15) is 34.6 Å². The lowest BCUT2D eigenvalue weighted by molar-refractivity contribution is -0.128. The average Bonchev–Trinajstić information content (AvgIpc) is 2.35. The van der Waals surface area contributed by atoms with Crippen molar-refractivity contribution in [2.24, 2.45) is 5.92 Å². The van der Waals surface area contributed by atoms with Crippen molar-refractivity contribution in [3.63, 3.8) is 0 Å². The maximum atomic E-state index is 12.0. The Kier molecular flexibility index (Phi) is 6.62. The van der Waals surface area contributed by atoms with Gasteiger partial charge in [-0.1, -0.05) is 13.8 Å². The molecule has 0 spiro atoms. The maximum Gasteiger partial charge on any atom is 0.234 e. The number of rotatable bonds is 6. The molecule has 0 bridgehead atoms. The van der Waals surface area contributed by atoms with Crippen molar-refractivity contribution >= 4 is 11.7 Å². The molecule has 116 valence electrons. The summed E-state index contributed by atoms with van der Waals surface area (Å²) in [6.07, 6.45) is 0. The lowest BCUT2D eigenvalue weighted by atomic mass is 10.0. The normalized spacial score (nSPS) is 19.4. The third-order valence-electron chi connectivity index (χ3n) is 3.93. The molecule has 1 amide bonds. The second-order valence-corrected chi connectivity index (χ2v) is 6.31. The molecule has 1 aliphatic heterocycles. The molecule has 1 aliphatic rings. The van der Waals surface area contributed by atoms with Crippen LogP contribution >= 0.6 is 0 Å². The SMILES string of the molecule is CC(=O)C(NC(=O)CN1CCN(C(C)C)CC1)C(C)C. The van der Waals surface area contributed by atoms with E-state index in [1.807, 2.05) is 13.8 Å². The zero-order chi connectivity index (χ0) is 15.3. The summed E-state index contributed by atoms with van der Waals surface area (Å²) in [6.45, 7) is 14.1. The van der Waals surface area contributed by atoms with Crippen LogP contribution < -0.4 is 5.32 Å². The van der Waals surface area contributed by atoms with Gasteiger partial charge in [-0.2, -0.15) is 0 Å². The van der Waals surface area contributed by atoms with Crippen LogP contribution in [0.5, 0.6) is 0 Å². The van der Waals surface area contributed by atoms with Crippen molar-refractivity contribution in [3.05, 3.63) is 0 Å². The molecule has 20 heavy (non-hydrogen) atoms. The molecular formula is C15H29N3O2. The summed E-state index contributed by atoms with van der Waals surface area (Å²) < 4.78 is 0. The first-order valence-electron chi connectivity index (χ1n) is 7.57. The summed E-state index contributed by atoms with van der Waals surface area (Å²) in [5.74, 6) is 0.115. The minimum absolute atomic E-state index is 0.0259. The monoisotopic (exact) mass is 283 g/mol. The maximum absolute atomic E-state index is 12.0.